The molecule has 0 aliphatic rings. The van der Waals surface area contributed by atoms with Gasteiger partial charge in [-0.1, -0.05) is 6.07 Å². The molecule has 8 heteroatoms. The molecule has 0 radical (unpaired) electrons. The van der Waals surface area contributed by atoms with Crippen LogP contribution in [0.4, 0.5) is 5.95 Å². The van der Waals surface area contributed by atoms with E-state index in [-0.39, 0.29) is 18.2 Å². The lowest BCUT2D eigenvalue weighted by Gasteiger charge is -2.18. The van der Waals surface area contributed by atoms with E-state index in [0.717, 1.165) is 15.8 Å². The Morgan fingerprint density at radius 3 is 2.93 bits per heavy atom. The van der Waals surface area contributed by atoms with Gasteiger partial charge in [0.2, 0.25) is 5.95 Å². The highest BCUT2D eigenvalue weighted by Crippen LogP contribution is 2.26. The Balaban J connectivity index is 1.91. The third-order valence-electron chi connectivity index (χ3n) is 4.08. The van der Waals surface area contributed by atoms with E-state index in [1.54, 1.807) is 26.4 Å². The Morgan fingerprint density at radius 2 is 2.22 bits per heavy atom. The summed E-state index contributed by atoms with van der Waals surface area (Å²) in [4.78, 5) is 25.8. The van der Waals surface area contributed by atoms with E-state index in [2.05, 4.69) is 20.3 Å². The number of thiophene rings is 1. The first-order valence-electron chi connectivity index (χ1n) is 8.70. The van der Waals surface area contributed by atoms with Crippen LogP contribution in [-0.4, -0.2) is 45.7 Å². The lowest BCUT2D eigenvalue weighted by molar-refractivity contribution is 0.0946. The third-order valence-corrected chi connectivity index (χ3v) is 4.99. The summed E-state index contributed by atoms with van der Waals surface area (Å²) in [6, 6.07) is 5.48. The molecule has 3 heterocycles. The molecule has 3 aromatic rings. The number of fused-ring (bicyclic) bond motifs is 1. The van der Waals surface area contributed by atoms with Crippen LogP contribution >= 0.6 is 11.3 Å². The van der Waals surface area contributed by atoms with Crippen molar-refractivity contribution in [3.63, 3.8) is 0 Å². The van der Waals surface area contributed by atoms with E-state index in [1.807, 2.05) is 23.6 Å². The molecule has 0 spiro atoms. The number of carbonyl (C=O) groups excluding carboxylic acids is 1. The Morgan fingerprint density at radius 1 is 1.37 bits per heavy atom. The maximum atomic E-state index is 12.6. The second kappa shape index (κ2) is 8.98. The van der Waals surface area contributed by atoms with Gasteiger partial charge in [0.05, 0.1) is 29.0 Å². The molecule has 2 atom stereocenters. The molecule has 3 rings (SSSR count). The fourth-order valence-corrected chi connectivity index (χ4v) is 3.54. The fraction of sp³-hybridized carbons (Fsp3) is 0.368. The number of hydrogen-bond donors (Lipinski definition) is 2. The summed E-state index contributed by atoms with van der Waals surface area (Å²) in [5.41, 5.74) is 2.05. The molecule has 0 fully saturated rings. The zero-order valence-electron chi connectivity index (χ0n) is 15.3. The number of ketones is 1. The highest BCUT2D eigenvalue weighted by Gasteiger charge is 2.19. The Kier molecular flexibility index (Phi) is 6.44. The van der Waals surface area contributed by atoms with Gasteiger partial charge in [-0.05, 0) is 36.4 Å². The van der Waals surface area contributed by atoms with E-state index in [9.17, 15) is 9.90 Å². The largest absolute Gasteiger partial charge is 0.393 e. The Hall–Kier alpha value is -2.42. The number of nitrogens with zero attached hydrogens (tertiary/aromatic N) is 3. The number of rotatable bonds is 9. The van der Waals surface area contributed by atoms with Crippen molar-refractivity contribution < 1.29 is 14.6 Å². The van der Waals surface area contributed by atoms with E-state index in [1.165, 1.54) is 11.3 Å². The molecule has 0 amide bonds. The van der Waals surface area contributed by atoms with Crippen molar-refractivity contribution in [2.45, 2.75) is 31.9 Å². The minimum Gasteiger partial charge on any atom is -0.393 e. The summed E-state index contributed by atoms with van der Waals surface area (Å²) in [5.74, 6) is 0.269. The van der Waals surface area contributed by atoms with Crippen LogP contribution in [0.15, 0.2) is 36.0 Å². The molecule has 0 aromatic carbocycles. The van der Waals surface area contributed by atoms with Gasteiger partial charge in [-0.25, -0.2) is 9.97 Å². The van der Waals surface area contributed by atoms with Crippen molar-refractivity contribution in [2.75, 3.05) is 19.0 Å². The van der Waals surface area contributed by atoms with Gasteiger partial charge in [-0.2, -0.15) is 0 Å². The summed E-state index contributed by atoms with van der Waals surface area (Å²) in [6.45, 7) is 2.08. The standard InChI is InChI=1S/C19H22N4O3S/c1-12(24)5-6-16(25)17-18-14(7-9-27-18)21-19(23-17)22-15(11-26-2)13-4-3-8-20-10-13/h3-4,7-10,12,15,24H,5-6,11H2,1-2H3,(H,21,22,23)/t12-,15-/m1/s1. The highest BCUT2D eigenvalue weighted by atomic mass is 32.1. The van der Waals surface area contributed by atoms with Gasteiger partial charge in [0.15, 0.2) is 5.78 Å². The maximum absolute atomic E-state index is 12.6. The van der Waals surface area contributed by atoms with Crippen LogP contribution < -0.4 is 5.32 Å². The predicted octanol–water partition coefficient (Wildman–Crippen LogP) is 3.23. The molecular weight excluding hydrogens is 364 g/mol. The molecule has 0 bridgehead atoms. The number of nitrogens with one attached hydrogen (secondary N) is 1. The quantitative estimate of drug-likeness (QED) is 0.545. The summed E-state index contributed by atoms with van der Waals surface area (Å²) >= 11 is 1.44. The van der Waals surface area contributed by atoms with Crippen molar-refractivity contribution in [1.29, 1.82) is 0 Å². The van der Waals surface area contributed by atoms with Gasteiger partial charge in [0.1, 0.15) is 5.69 Å². The van der Waals surface area contributed by atoms with E-state index in [0.29, 0.717) is 24.7 Å². The van der Waals surface area contributed by atoms with Crippen molar-refractivity contribution in [3.8, 4) is 0 Å². The van der Waals surface area contributed by atoms with Crippen molar-refractivity contribution >= 4 is 33.3 Å². The van der Waals surface area contributed by atoms with Crippen LogP contribution in [0.5, 0.6) is 0 Å². The lowest BCUT2D eigenvalue weighted by Crippen LogP contribution is -2.19. The average molecular weight is 386 g/mol. The lowest BCUT2D eigenvalue weighted by atomic mass is 10.1. The number of aliphatic hydroxyl groups is 1. The molecule has 27 heavy (non-hydrogen) atoms. The van der Waals surface area contributed by atoms with Gasteiger partial charge in [0, 0.05) is 25.9 Å². The first kappa shape index (κ1) is 19.3. The van der Waals surface area contributed by atoms with Crippen LogP contribution in [-0.2, 0) is 4.74 Å². The Labute approximate surface area is 161 Å². The first-order chi connectivity index (χ1) is 13.1. The molecule has 3 aromatic heterocycles. The summed E-state index contributed by atoms with van der Waals surface area (Å²) < 4.78 is 6.07. The summed E-state index contributed by atoms with van der Waals surface area (Å²) in [6.07, 6.45) is 3.59. The molecule has 0 aliphatic heterocycles. The second-order valence-corrected chi connectivity index (χ2v) is 7.20. The Bertz CT molecular complexity index is 898. The van der Waals surface area contributed by atoms with Crippen LogP contribution in [0.25, 0.3) is 10.2 Å². The molecule has 7 nitrogen and oxygen atoms in total. The minimum absolute atomic E-state index is 0.0986. The monoisotopic (exact) mass is 386 g/mol. The van der Waals surface area contributed by atoms with Gasteiger partial charge in [0.25, 0.3) is 0 Å². The SMILES string of the molecule is COC[C@@H](Nc1nc(C(=O)CC[C@@H](C)O)c2sccc2n1)c1cccnc1. The fourth-order valence-electron chi connectivity index (χ4n) is 2.70. The average Bonchev–Trinajstić information content (AvgIpc) is 3.14. The number of hydrogen-bond acceptors (Lipinski definition) is 8. The molecule has 0 saturated carbocycles. The topological polar surface area (TPSA) is 97.2 Å². The summed E-state index contributed by atoms with van der Waals surface area (Å²) in [5, 5.41) is 14.6. The molecular formula is C19H22N4O3S. The zero-order chi connectivity index (χ0) is 19.2. The number of methoxy groups -OCH3 is 1. The zero-order valence-corrected chi connectivity index (χ0v) is 16.1. The van der Waals surface area contributed by atoms with Gasteiger partial charge in [-0.15, -0.1) is 11.3 Å². The number of aromatic nitrogens is 3. The normalized spacial score (nSPS) is 13.4. The van der Waals surface area contributed by atoms with Crippen LogP contribution in [0.3, 0.4) is 0 Å². The van der Waals surface area contributed by atoms with E-state index < -0.39 is 6.10 Å². The smallest absolute Gasteiger partial charge is 0.224 e. The van der Waals surface area contributed by atoms with Crippen molar-refractivity contribution in [1.82, 2.24) is 15.0 Å². The third kappa shape index (κ3) is 4.85. The minimum atomic E-state index is -0.524. The van der Waals surface area contributed by atoms with Crippen LogP contribution in [0.1, 0.15) is 41.9 Å². The van der Waals surface area contributed by atoms with Crippen LogP contribution in [0.2, 0.25) is 0 Å². The number of anilines is 1. The van der Waals surface area contributed by atoms with Gasteiger partial charge in [-0.3, -0.25) is 9.78 Å². The second-order valence-electron chi connectivity index (χ2n) is 6.28. The number of ether oxygens (including phenoxy) is 1. The molecule has 0 saturated heterocycles. The molecule has 0 unspecified atom stereocenters. The van der Waals surface area contributed by atoms with Crippen molar-refractivity contribution in [2.24, 2.45) is 0 Å². The molecule has 142 valence electrons. The first-order valence-corrected chi connectivity index (χ1v) is 9.58. The van der Waals surface area contributed by atoms with Crippen LogP contribution in [0, 0.1) is 0 Å². The number of carbonyl (C=O) groups is 1. The van der Waals surface area contributed by atoms with E-state index in [4.69, 9.17) is 4.74 Å². The molecule has 0 aliphatic carbocycles. The van der Waals surface area contributed by atoms with Gasteiger partial charge < -0.3 is 15.2 Å². The molecule has 2 N–H and O–H groups in total. The van der Waals surface area contributed by atoms with E-state index >= 15 is 0 Å². The number of pyridine rings is 1. The van der Waals surface area contributed by atoms with Gasteiger partial charge >= 0.3 is 0 Å². The number of aliphatic hydroxyl groups excluding tert-OH is 1. The maximum Gasteiger partial charge on any atom is 0.224 e. The summed E-state index contributed by atoms with van der Waals surface area (Å²) in [7, 11) is 1.62. The van der Waals surface area contributed by atoms with Crippen molar-refractivity contribution in [3.05, 3.63) is 47.2 Å². The predicted molar refractivity (Wildman–Crippen MR) is 105 cm³/mol. The number of Topliss-reactive ketones (excluding diaryl/α,β-unsaturated/α-hetero) is 1. The highest BCUT2D eigenvalue weighted by molar-refractivity contribution is 7.17.